The zero-order valence-corrected chi connectivity index (χ0v) is 23.4. The SMILES string of the molecule is CCc1cc2c(cc3n2C[C@](C(=O)NC2CCCCC2)(c2ccccc2)N(Cc2ccc(OC)cc2)C3=O)s1. The predicted molar refractivity (Wildman–Crippen MR) is 155 cm³/mol. The standard InChI is InChI=1S/C32H35N3O3S/c1-3-26-18-27-29(39-26)19-28-30(36)35(20-22-14-16-25(38-2)17-15-22)32(21-34(27)28,23-10-6-4-7-11-23)31(37)33-24-12-8-5-9-13-24/h4,6-7,10-11,14-19,24H,3,5,8-9,12-13,20-21H2,1-2H3,(H,33,37)/t32-/m1/s1. The molecule has 1 saturated carbocycles. The molecule has 2 aromatic heterocycles. The van der Waals surface area contributed by atoms with Crippen LogP contribution < -0.4 is 10.1 Å². The van der Waals surface area contributed by atoms with Gasteiger partial charge in [0.25, 0.3) is 11.8 Å². The van der Waals surface area contributed by atoms with Gasteiger partial charge in [-0.1, -0.05) is 68.7 Å². The van der Waals surface area contributed by atoms with Crippen molar-refractivity contribution in [3.63, 3.8) is 0 Å². The summed E-state index contributed by atoms with van der Waals surface area (Å²) >= 11 is 1.73. The minimum atomic E-state index is -1.19. The Balaban J connectivity index is 1.51. The van der Waals surface area contributed by atoms with Crippen LogP contribution in [0.5, 0.6) is 5.75 Å². The second-order valence-corrected chi connectivity index (χ2v) is 11.9. The molecule has 0 spiro atoms. The minimum absolute atomic E-state index is 0.0964. The Morgan fingerprint density at radius 3 is 2.49 bits per heavy atom. The van der Waals surface area contributed by atoms with E-state index in [4.69, 9.17) is 4.74 Å². The van der Waals surface area contributed by atoms with E-state index in [2.05, 4.69) is 22.9 Å². The molecule has 1 atom stereocenters. The summed E-state index contributed by atoms with van der Waals surface area (Å²) in [4.78, 5) is 32.2. The molecule has 2 aromatic carbocycles. The summed E-state index contributed by atoms with van der Waals surface area (Å²) in [5.74, 6) is 0.538. The van der Waals surface area contributed by atoms with Gasteiger partial charge >= 0.3 is 0 Å². The number of carbonyl (C=O) groups is 2. The molecule has 0 unspecified atom stereocenters. The Bertz CT molecular complexity index is 1480. The first-order valence-electron chi connectivity index (χ1n) is 14.0. The van der Waals surface area contributed by atoms with Gasteiger partial charge in [0.1, 0.15) is 11.4 Å². The number of amides is 2. The first kappa shape index (κ1) is 25.7. The molecule has 7 heteroatoms. The fourth-order valence-electron chi connectivity index (χ4n) is 6.20. The molecule has 1 fully saturated rings. The summed E-state index contributed by atoms with van der Waals surface area (Å²) in [5, 5.41) is 3.41. The number of nitrogens with zero attached hydrogens (tertiary/aromatic N) is 2. The van der Waals surface area contributed by atoms with Crippen LogP contribution in [0, 0.1) is 0 Å². The van der Waals surface area contributed by atoms with Crippen LogP contribution in [-0.2, 0) is 29.8 Å². The lowest BCUT2D eigenvalue weighted by atomic mass is 9.83. The van der Waals surface area contributed by atoms with E-state index in [1.165, 1.54) is 11.3 Å². The summed E-state index contributed by atoms with van der Waals surface area (Å²) in [6.45, 7) is 2.83. The molecule has 2 aliphatic rings. The van der Waals surface area contributed by atoms with Gasteiger partial charge in [-0.3, -0.25) is 9.59 Å². The Morgan fingerprint density at radius 1 is 1.05 bits per heavy atom. The lowest BCUT2D eigenvalue weighted by molar-refractivity contribution is -0.136. The molecule has 202 valence electrons. The maximum absolute atomic E-state index is 14.6. The Kier molecular flexibility index (Phi) is 6.94. The number of thiophene rings is 1. The number of nitrogens with one attached hydrogen (secondary N) is 1. The zero-order valence-electron chi connectivity index (χ0n) is 22.6. The number of hydrogen-bond acceptors (Lipinski definition) is 4. The lowest BCUT2D eigenvalue weighted by Crippen LogP contribution is -2.64. The molecule has 3 heterocycles. The molecule has 0 radical (unpaired) electrons. The molecule has 39 heavy (non-hydrogen) atoms. The highest BCUT2D eigenvalue weighted by Gasteiger charge is 2.53. The third-order valence-electron chi connectivity index (χ3n) is 8.37. The van der Waals surface area contributed by atoms with E-state index < -0.39 is 5.54 Å². The van der Waals surface area contributed by atoms with E-state index in [1.54, 1.807) is 18.4 Å². The number of carbonyl (C=O) groups excluding carboxylic acids is 2. The zero-order chi connectivity index (χ0) is 27.0. The molecule has 6 nitrogen and oxygen atoms in total. The number of rotatable bonds is 7. The van der Waals surface area contributed by atoms with Crippen molar-refractivity contribution in [2.75, 3.05) is 7.11 Å². The fourth-order valence-corrected chi connectivity index (χ4v) is 7.24. The van der Waals surface area contributed by atoms with Gasteiger partial charge in [-0.05, 0) is 54.7 Å². The van der Waals surface area contributed by atoms with Gasteiger partial charge in [0.05, 0.1) is 23.9 Å². The molecule has 2 amide bonds. The van der Waals surface area contributed by atoms with Gasteiger partial charge < -0.3 is 19.5 Å². The van der Waals surface area contributed by atoms with Crippen LogP contribution in [0.3, 0.4) is 0 Å². The normalized spacial score (nSPS) is 19.7. The van der Waals surface area contributed by atoms with Gasteiger partial charge in [-0.15, -0.1) is 11.3 Å². The van der Waals surface area contributed by atoms with Crippen LogP contribution in [-0.4, -0.2) is 34.4 Å². The number of methoxy groups -OCH3 is 1. The van der Waals surface area contributed by atoms with Crippen molar-refractivity contribution >= 4 is 33.4 Å². The van der Waals surface area contributed by atoms with E-state index in [0.717, 1.165) is 59.2 Å². The average Bonchev–Trinajstić information content (AvgIpc) is 3.54. The largest absolute Gasteiger partial charge is 0.497 e. The molecule has 4 aromatic rings. The minimum Gasteiger partial charge on any atom is -0.497 e. The summed E-state index contributed by atoms with van der Waals surface area (Å²) in [6.07, 6.45) is 6.35. The highest BCUT2D eigenvalue weighted by Crippen LogP contribution is 2.42. The van der Waals surface area contributed by atoms with Gasteiger partial charge in [-0.25, -0.2) is 0 Å². The molecule has 6 rings (SSSR count). The van der Waals surface area contributed by atoms with Gasteiger partial charge in [0.2, 0.25) is 0 Å². The molecule has 1 aliphatic carbocycles. The molecular formula is C32H35N3O3S. The van der Waals surface area contributed by atoms with Gasteiger partial charge in [0, 0.05) is 17.5 Å². The van der Waals surface area contributed by atoms with Crippen LogP contribution in [0.15, 0.2) is 66.7 Å². The van der Waals surface area contributed by atoms with Crippen molar-refractivity contribution in [1.82, 2.24) is 14.8 Å². The summed E-state index contributed by atoms with van der Waals surface area (Å²) < 4.78 is 8.54. The summed E-state index contributed by atoms with van der Waals surface area (Å²) in [7, 11) is 1.64. The van der Waals surface area contributed by atoms with Gasteiger partial charge in [0.15, 0.2) is 5.54 Å². The maximum Gasteiger partial charge on any atom is 0.272 e. The second kappa shape index (κ2) is 10.5. The van der Waals surface area contributed by atoms with E-state index in [9.17, 15) is 9.59 Å². The van der Waals surface area contributed by atoms with E-state index in [1.807, 2.05) is 65.6 Å². The highest BCUT2D eigenvalue weighted by molar-refractivity contribution is 7.19. The Labute approximate surface area is 233 Å². The number of benzene rings is 2. The van der Waals surface area contributed by atoms with Crippen LogP contribution in [0.4, 0.5) is 0 Å². The first-order valence-corrected chi connectivity index (χ1v) is 14.8. The van der Waals surface area contributed by atoms with Crippen molar-refractivity contribution in [3.8, 4) is 5.75 Å². The van der Waals surface area contributed by atoms with Crippen LogP contribution in [0.1, 0.15) is 65.5 Å². The molecular weight excluding hydrogens is 506 g/mol. The lowest BCUT2D eigenvalue weighted by Gasteiger charge is -2.47. The summed E-state index contributed by atoms with van der Waals surface area (Å²) in [5.41, 5.74) is 2.27. The number of fused-ring (bicyclic) bond motifs is 3. The highest BCUT2D eigenvalue weighted by atomic mass is 32.1. The third-order valence-corrected chi connectivity index (χ3v) is 9.58. The van der Waals surface area contributed by atoms with Crippen LogP contribution in [0.25, 0.3) is 10.2 Å². The number of hydrogen-bond donors (Lipinski definition) is 1. The third kappa shape index (κ3) is 4.52. The number of ether oxygens (including phenoxy) is 1. The van der Waals surface area contributed by atoms with Crippen molar-refractivity contribution in [3.05, 3.63) is 88.4 Å². The van der Waals surface area contributed by atoms with Crippen molar-refractivity contribution in [2.45, 2.75) is 70.1 Å². The van der Waals surface area contributed by atoms with Gasteiger partial charge in [-0.2, -0.15) is 0 Å². The van der Waals surface area contributed by atoms with Crippen molar-refractivity contribution in [1.29, 1.82) is 0 Å². The quantitative estimate of drug-likeness (QED) is 0.300. The molecule has 1 N–H and O–H groups in total. The summed E-state index contributed by atoms with van der Waals surface area (Å²) in [6, 6.07) is 21.9. The smallest absolute Gasteiger partial charge is 0.272 e. The Morgan fingerprint density at radius 2 is 1.79 bits per heavy atom. The average molecular weight is 542 g/mol. The molecule has 0 bridgehead atoms. The fraction of sp³-hybridized carbons (Fsp3) is 0.375. The molecule has 0 saturated heterocycles. The number of aromatic nitrogens is 1. The second-order valence-electron chi connectivity index (χ2n) is 10.7. The van der Waals surface area contributed by atoms with E-state index in [-0.39, 0.29) is 17.9 Å². The van der Waals surface area contributed by atoms with Crippen LogP contribution >= 0.6 is 11.3 Å². The first-order chi connectivity index (χ1) is 19.0. The van der Waals surface area contributed by atoms with Crippen molar-refractivity contribution < 1.29 is 14.3 Å². The van der Waals surface area contributed by atoms with E-state index in [0.29, 0.717) is 18.8 Å². The topological polar surface area (TPSA) is 63.6 Å². The predicted octanol–water partition coefficient (Wildman–Crippen LogP) is 6.27. The number of aryl methyl sites for hydroxylation is 1. The molecule has 1 aliphatic heterocycles. The Hall–Kier alpha value is -3.58. The van der Waals surface area contributed by atoms with E-state index >= 15 is 0 Å². The van der Waals surface area contributed by atoms with Crippen LogP contribution in [0.2, 0.25) is 0 Å². The maximum atomic E-state index is 14.6. The monoisotopic (exact) mass is 541 g/mol. The van der Waals surface area contributed by atoms with Crippen molar-refractivity contribution in [2.24, 2.45) is 0 Å².